The number of hydrogen-bond donors (Lipinski definition) is 0. The minimum Gasteiger partial charge on any atom is -0.206 e. The molecule has 0 heterocycles. The Morgan fingerprint density at radius 2 is 1.48 bits per heavy atom. The van der Waals surface area contributed by atoms with E-state index in [1.165, 1.54) is 6.07 Å². The molecular formula is C25H18F6. The zero-order chi connectivity index (χ0) is 22.3. The average molecular weight is 432 g/mol. The Kier molecular flexibility index (Phi) is 5.65. The van der Waals surface area contributed by atoms with Crippen LogP contribution in [0.15, 0.2) is 42.5 Å². The molecule has 0 spiro atoms. The van der Waals surface area contributed by atoms with Crippen molar-refractivity contribution in [3.8, 4) is 11.1 Å². The molecule has 0 nitrogen and oxygen atoms in total. The maximum Gasteiger partial charge on any atom is 0.194 e. The molecule has 0 aliphatic heterocycles. The summed E-state index contributed by atoms with van der Waals surface area (Å²) in [6, 6.07) is 7.18. The van der Waals surface area contributed by atoms with Crippen LogP contribution in [0.1, 0.15) is 35.6 Å². The lowest BCUT2D eigenvalue weighted by molar-refractivity contribution is 0.447. The number of hydrogen-bond acceptors (Lipinski definition) is 0. The second kappa shape index (κ2) is 8.25. The summed E-state index contributed by atoms with van der Waals surface area (Å²) in [6.45, 7) is 2.00. The second-order valence-corrected chi connectivity index (χ2v) is 7.61. The highest BCUT2D eigenvalue weighted by Gasteiger charge is 2.25. The van der Waals surface area contributed by atoms with Crippen LogP contribution in [-0.2, 0) is 19.3 Å². The maximum absolute atomic E-state index is 15.1. The molecule has 0 bridgehead atoms. The van der Waals surface area contributed by atoms with E-state index in [2.05, 4.69) is 0 Å². The first-order valence-electron chi connectivity index (χ1n) is 9.92. The van der Waals surface area contributed by atoms with Crippen molar-refractivity contribution in [1.82, 2.24) is 0 Å². The Morgan fingerprint density at radius 1 is 0.774 bits per heavy atom. The van der Waals surface area contributed by atoms with Crippen LogP contribution in [0.5, 0.6) is 0 Å². The van der Waals surface area contributed by atoms with Gasteiger partial charge in [-0.25, -0.2) is 26.3 Å². The summed E-state index contributed by atoms with van der Waals surface area (Å²) in [5.74, 6) is -7.15. The number of rotatable bonds is 4. The molecule has 0 saturated heterocycles. The SMILES string of the molecule is CCCc1ccc(C2=CCc3c(cc(F)c(-c4cc(F)c(F)c(F)c4)c3F)C2)c(F)c1. The molecule has 3 aromatic rings. The Bertz CT molecular complexity index is 1190. The summed E-state index contributed by atoms with van der Waals surface area (Å²) in [5, 5.41) is 0. The predicted molar refractivity (Wildman–Crippen MR) is 107 cm³/mol. The topological polar surface area (TPSA) is 0 Å². The summed E-state index contributed by atoms with van der Waals surface area (Å²) >= 11 is 0. The lowest BCUT2D eigenvalue weighted by Crippen LogP contribution is -2.09. The number of halogens is 6. The molecule has 0 saturated carbocycles. The molecule has 0 N–H and O–H groups in total. The fourth-order valence-electron chi connectivity index (χ4n) is 4.02. The molecule has 0 aromatic heterocycles. The molecule has 6 heteroatoms. The van der Waals surface area contributed by atoms with Crippen molar-refractivity contribution in [2.75, 3.05) is 0 Å². The van der Waals surface area contributed by atoms with Crippen LogP contribution in [0.2, 0.25) is 0 Å². The van der Waals surface area contributed by atoms with E-state index < -0.39 is 46.0 Å². The molecule has 0 fully saturated rings. The van der Waals surface area contributed by atoms with Crippen LogP contribution < -0.4 is 0 Å². The number of benzene rings is 3. The first-order chi connectivity index (χ1) is 14.8. The highest BCUT2D eigenvalue weighted by Crippen LogP contribution is 2.37. The van der Waals surface area contributed by atoms with Gasteiger partial charge >= 0.3 is 0 Å². The van der Waals surface area contributed by atoms with Gasteiger partial charge in [0.25, 0.3) is 0 Å². The van der Waals surface area contributed by atoms with Crippen molar-refractivity contribution in [2.45, 2.75) is 32.6 Å². The van der Waals surface area contributed by atoms with Crippen molar-refractivity contribution in [1.29, 1.82) is 0 Å². The normalized spacial score (nSPS) is 13.2. The van der Waals surface area contributed by atoms with E-state index in [0.29, 0.717) is 28.8 Å². The van der Waals surface area contributed by atoms with Gasteiger partial charge in [-0.3, -0.25) is 0 Å². The van der Waals surface area contributed by atoms with E-state index in [1.807, 2.05) is 13.0 Å². The zero-order valence-electron chi connectivity index (χ0n) is 16.6. The van der Waals surface area contributed by atoms with Gasteiger partial charge in [0.15, 0.2) is 17.5 Å². The lowest BCUT2D eigenvalue weighted by atomic mass is 9.85. The first kappa shape index (κ1) is 21.2. The van der Waals surface area contributed by atoms with Crippen molar-refractivity contribution in [3.05, 3.63) is 99.6 Å². The van der Waals surface area contributed by atoms with Gasteiger partial charge in [0.2, 0.25) is 0 Å². The third-order valence-electron chi connectivity index (χ3n) is 5.54. The minimum absolute atomic E-state index is 0.0616. The quantitative estimate of drug-likeness (QED) is 0.299. The molecule has 1 aliphatic carbocycles. The van der Waals surface area contributed by atoms with E-state index in [-0.39, 0.29) is 18.4 Å². The number of allylic oxidation sites excluding steroid dienone is 2. The molecule has 1 aliphatic rings. The average Bonchev–Trinajstić information content (AvgIpc) is 2.72. The molecule has 3 aromatic carbocycles. The van der Waals surface area contributed by atoms with Gasteiger partial charge in [-0.2, -0.15) is 0 Å². The monoisotopic (exact) mass is 432 g/mol. The molecule has 4 rings (SSSR count). The summed E-state index contributed by atoms with van der Waals surface area (Å²) < 4.78 is 84.9. The number of fused-ring (bicyclic) bond motifs is 1. The van der Waals surface area contributed by atoms with Gasteiger partial charge in [0.1, 0.15) is 17.5 Å². The highest BCUT2D eigenvalue weighted by atomic mass is 19.2. The van der Waals surface area contributed by atoms with Gasteiger partial charge in [0, 0.05) is 5.56 Å². The smallest absolute Gasteiger partial charge is 0.194 e. The summed E-state index contributed by atoms with van der Waals surface area (Å²) in [5.41, 5.74) is 1.30. The first-order valence-corrected chi connectivity index (χ1v) is 9.92. The van der Waals surface area contributed by atoms with E-state index >= 15 is 4.39 Å². The Labute approximate surface area is 175 Å². The van der Waals surface area contributed by atoms with Crippen LogP contribution >= 0.6 is 0 Å². The minimum atomic E-state index is -1.71. The Morgan fingerprint density at radius 3 is 2.13 bits per heavy atom. The maximum atomic E-state index is 15.1. The Hall–Kier alpha value is -3.02. The largest absolute Gasteiger partial charge is 0.206 e. The van der Waals surface area contributed by atoms with Crippen LogP contribution in [-0.4, -0.2) is 0 Å². The van der Waals surface area contributed by atoms with Gasteiger partial charge < -0.3 is 0 Å². The van der Waals surface area contributed by atoms with Gasteiger partial charge in [-0.1, -0.05) is 31.6 Å². The molecule has 0 atom stereocenters. The molecular weight excluding hydrogens is 414 g/mol. The van der Waals surface area contributed by atoms with Crippen molar-refractivity contribution in [2.24, 2.45) is 0 Å². The Balaban J connectivity index is 1.72. The molecule has 0 unspecified atom stereocenters. The van der Waals surface area contributed by atoms with Gasteiger partial charge in [-0.05, 0) is 71.4 Å². The van der Waals surface area contributed by atoms with Crippen LogP contribution in [0.4, 0.5) is 26.3 Å². The lowest BCUT2D eigenvalue weighted by Gasteiger charge is -2.21. The fraction of sp³-hybridized carbons (Fsp3) is 0.200. The van der Waals surface area contributed by atoms with Crippen LogP contribution in [0.25, 0.3) is 16.7 Å². The molecule has 160 valence electrons. The summed E-state index contributed by atoms with van der Waals surface area (Å²) in [6.07, 6.45) is 3.48. The van der Waals surface area contributed by atoms with Gasteiger partial charge in [-0.15, -0.1) is 0 Å². The molecule has 0 radical (unpaired) electrons. The van der Waals surface area contributed by atoms with Crippen LogP contribution in [0.3, 0.4) is 0 Å². The summed E-state index contributed by atoms with van der Waals surface area (Å²) in [4.78, 5) is 0. The third kappa shape index (κ3) is 3.87. The van der Waals surface area contributed by atoms with Crippen molar-refractivity contribution >= 4 is 5.57 Å². The second-order valence-electron chi connectivity index (χ2n) is 7.61. The van der Waals surface area contributed by atoms with Crippen LogP contribution in [0, 0.1) is 34.9 Å². The van der Waals surface area contributed by atoms with Gasteiger partial charge in [0.05, 0.1) is 5.56 Å². The predicted octanol–water partition coefficient (Wildman–Crippen LogP) is 7.32. The van der Waals surface area contributed by atoms with Crippen molar-refractivity contribution in [3.63, 3.8) is 0 Å². The fourth-order valence-corrected chi connectivity index (χ4v) is 4.02. The summed E-state index contributed by atoms with van der Waals surface area (Å²) in [7, 11) is 0. The zero-order valence-corrected chi connectivity index (χ0v) is 16.6. The van der Waals surface area contributed by atoms with E-state index in [4.69, 9.17) is 0 Å². The van der Waals surface area contributed by atoms with E-state index in [1.54, 1.807) is 12.1 Å². The van der Waals surface area contributed by atoms with Crippen molar-refractivity contribution < 1.29 is 26.3 Å². The van der Waals surface area contributed by atoms with E-state index in [0.717, 1.165) is 24.5 Å². The third-order valence-corrected chi connectivity index (χ3v) is 5.54. The highest BCUT2D eigenvalue weighted by molar-refractivity contribution is 5.74. The van der Waals surface area contributed by atoms with E-state index in [9.17, 15) is 22.0 Å². The molecule has 0 amide bonds. The standard InChI is InChI=1S/C25H18F6/c1-2-3-13-4-6-17(19(26)8-13)14-5-7-18-15(9-14)10-20(27)23(24(18)30)16-11-21(28)25(31)22(29)12-16/h4-6,8,10-12H,2-3,7,9H2,1H3. The number of aryl methyl sites for hydroxylation is 1. The molecule has 31 heavy (non-hydrogen) atoms.